The molecule has 106 valence electrons. The van der Waals surface area contributed by atoms with E-state index in [0.717, 1.165) is 38.3 Å². The van der Waals surface area contributed by atoms with E-state index in [1.165, 1.54) is 5.56 Å². The standard InChI is InChI=1S/C15H25N3O/c1-4-18(5-2)9-8-17-11-14-7-6-13(15(16)19)10-12(14)3/h6-7,10,17H,4-5,8-9,11H2,1-3H3,(H2,16,19). The molecule has 0 aliphatic heterocycles. The Labute approximate surface area is 116 Å². The van der Waals surface area contributed by atoms with Crippen molar-refractivity contribution in [2.45, 2.75) is 27.3 Å². The number of carbonyl (C=O) groups excluding carboxylic acids is 1. The van der Waals surface area contributed by atoms with Crippen molar-refractivity contribution in [2.75, 3.05) is 26.2 Å². The highest BCUT2D eigenvalue weighted by atomic mass is 16.1. The van der Waals surface area contributed by atoms with Crippen LogP contribution in [-0.4, -0.2) is 37.0 Å². The van der Waals surface area contributed by atoms with Gasteiger partial charge in [-0.1, -0.05) is 19.9 Å². The van der Waals surface area contributed by atoms with Crippen molar-refractivity contribution in [3.8, 4) is 0 Å². The molecule has 0 spiro atoms. The van der Waals surface area contributed by atoms with Gasteiger partial charge in [-0.05, 0) is 43.3 Å². The Morgan fingerprint density at radius 2 is 2.00 bits per heavy atom. The Morgan fingerprint density at radius 1 is 1.32 bits per heavy atom. The number of primary amides is 1. The number of aryl methyl sites for hydroxylation is 1. The summed E-state index contributed by atoms with van der Waals surface area (Å²) in [5.74, 6) is -0.371. The number of amides is 1. The maximum absolute atomic E-state index is 11.1. The molecule has 19 heavy (non-hydrogen) atoms. The lowest BCUT2D eigenvalue weighted by Gasteiger charge is -2.18. The summed E-state index contributed by atoms with van der Waals surface area (Å²) in [6.45, 7) is 11.4. The average molecular weight is 263 g/mol. The second kappa shape index (κ2) is 7.92. The van der Waals surface area contributed by atoms with Gasteiger partial charge in [0.2, 0.25) is 5.91 Å². The third-order valence-electron chi connectivity index (χ3n) is 3.44. The summed E-state index contributed by atoms with van der Waals surface area (Å²) in [6, 6.07) is 5.61. The monoisotopic (exact) mass is 263 g/mol. The molecule has 0 radical (unpaired) electrons. The first-order chi connectivity index (χ1) is 9.08. The third kappa shape index (κ3) is 5.01. The van der Waals surface area contributed by atoms with Crippen molar-refractivity contribution < 1.29 is 4.79 Å². The van der Waals surface area contributed by atoms with E-state index in [1.807, 2.05) is 19.1 Å². The number of benzene rings is 1. The second-order valence-electron chi connectivity index (χ2n) is 4.71. The molecule has 1 aromatic carbocycles. The lowest BCUT2D eigenvalue weighted by molar-refractivity contribution is 0.1000. The first-order valence-electron chi connectivity index (χ1n) is 6.90. The van der Waals surface area contributed by atoms with Crippen molar-refractivity contribution in [1.29, 1.82) is 0 Å². The molecule has 0 heterocycles. The van der Waals surface area contributed by atoms with Crippen LogP contribution in [0.3, 0.4) is 0 Å². The summed E-state index contributed by atoms with van der Waals surface area (Å²) >= 11 is 0. The Bertz CT molecular complexity index is 414. The van der Waals surface area contributed by atoms with Crippen LogP contribution in [0.15, 0.2) is 18.2 Å². The van der Waals surface area contributed by atoms with E-state index >= 15 is 0 Å². The van der Waals surface area contributed by atoms with E-state index in [2.05, 4.69) is 24.1 Å². The van der Waals surface area contributed by atoms with Crippen molar-refractivity contribution in [1.82, 2.24) is 10.2 Å². The highest BCUT2D eigenvalue weighted by Crippen LogP contribution is 2.10. The summed E-state index contributed by atoms with van der Waals surface area (Å²) in [7, 11) is 0. The smallest absolute Gasteiger partial charge is 0.248 e. The fraction of sp³-hybridized carbons (Fsp3) is 0.533. The van der Waals surface area contributed by atoms with Crippen molar-refractivity contribution in [3.63, 3.8) is 0 Å². The summed E-state index contributed by atoms with van der Waals surface area (Å²) in [4.78, 5) is 13.5. The van der Waals surface area contributed by atoms with Gasteiger partial charge in [0.25, 0.3) is 0 Å². The zero-order chi connectivity index (χ0) is 14.3. The number of nitrogens with one attached hydrogen (secondary N) is 1. The molecule has 0 saturated heterocycles. The molecule has 0 aromatic heterocycles. The SMILES string of the molecule is CCN(CC)CCNCc1ccc(C(N)=O)cc1C. The van der Waals surface area contributed by atoms with E-state index in [9.17, 15) is 4.79 Å². The van der Waals surface area contributed by atoms with Crippen LogP contribution < -0.4 is 11.1 Å². The number of hydrogen-bond acceptors (Lipinski definition) is 3. The number of likely N-dealkylation sites (N-methyl/N-ethyl adjacent to an activating group) is 1. The zero-order valence-electron chi connectivity index (χ0n) is 12.2. The highest BCUT2D eigenvalue weighted by molar-refractivity contribution is 5.93. The first kappa shape index (κ1) is 15.7. The number of rotatable bonds is 8. The predicted octanol–water partition coefficient (Wildman–Crippen LogP) is 1.53. The van der Waals surface area contributed by atoms with E-state index in [0.29, 0.717) is 5.56 Å². The van der Waals surface area contributed by atoms with Gasteiger partial charge < -0.3 is 16.0 Å². The van der Waals surface area contributed by atoms with Gasteiger partial charge in [-0.3, -0.25) is 4.79 Å². The molecule has 0 unspecified atom stereocenters. The van der Waals surface area contributed by atoms with E-state index in [-0.39, 0.29) is 5.91 Å². The first-order valence-corrected chi connectivity index (χ1v) is 6.90. The lowest BCUT2D eigenvalue weighted by Crippen LogP contribution is -2.31. The number of nitrogens with zero attached hydrogens (tertiary/aromatic N) is 1. The third-order valence-corrected chi connectivity index (χ3v) is 3.44. The minimum atomic E-state index is -0.371. The van der Waals surface area contributed by atoms with Crippen molar-refractivity contribution >= 4 is 5.91 Å². The van der Waals surface area contributed by atoms with Gasteiger partial charge in [0.05, 0.1) is 0 Å². The zero-order valence-corrected chi connectivity index (χ0v) is 12.2. The largest absolute Gasteiger partial charge is 0.366 e. The average Bonchev–Trinajstić information content (AvgIpc) is 2.40. The Kier molecular flexibility index (Phi) is 6.53. The van der Waals surface area contributed by atoms with Gasteiger partial charge in [0, 0.05) is 25.2 Å². The maximum atomic E-state index is 11.1. The van der Waals surface area contributed by atoms with Crippen molar-refractivity contribution in [2.24, 2.45) is 5.73 Å². The van der Waals surface area contributed by atoms with Crippen LogP contribution in [0.5, 0.6) is 0 Å². The van der Waals surface area contributed by atoms with Gasteiger partial charge in [0.15, 0.2) is 0 Å². The quantitative estimate of drug-likeness (QED) is 0.699. The Hall–Kier alpha value is -1.39. The fourth-order valence-electron chi connectivity index (χ4n) is 2.05. The van der Waals surface area contributed by atoms with Crippen LogP contribution in [0.1, 0.15) is 35.3 Å². The molecule has 0 fully saturated rings. The highest BCUT2D eigenvalue weighted by Gasteiger charge is 2.04. The van der Waals surface area contributed by atoms with Crippen molar-refractivity contribution in [3.05, 3.63) is 34.9 Å². The van der Waals surface area contributed by atoms with Crippen LogP contribution in [-0.2, 0) is 6.54 Å². The van der Waals surface area contributed by atoms with Crippen LogP contribution in [0.2, 0.25) is 0 Å². The number of hydrogen-bond donors (Lipinski definition) is 2. The number of carbonyl (C=O) groups is 1. The van der Waals surface area contributed by atoms with Gasteiger partial charge >= 0.3 is 0 Å². The van der Waals surface area contributed by atoms with Crippen LogP contribution >= 0.6 is 0 Å². The summed E-state index contributed by atoms with van der Waals surface area (Å²) < 4.78 is 0. The molecule has 4 nitrogen and oxygen atoms in total. The van der Waals surface area contributed by atoms with E-state index < -0.39 is 0 Å². The molecule has 1 amide bonds. The summed E-state index contributed by atoms with van der Waals surface area (Å²) in [6.07, 6.45) is 0. The van der Waals surface area contributed by atoms with Crippen LogP contribution in [0.4, 0.5) is 0 Å². The Balaban J connectivity index is 2.43. The summed E-state index contributed by atoms with van der Waals surface area (Å²) in [5.41, 5.74) is 8.15. The number of nitrogens with two attached hydrogens (primary N) is 1. The topological polar surface area (TPSA) is 58.4 Å². The molecule has 0 saturated carbocycles. The second-order valence-corrected chi connectivity index (χ2v) is 4.71. The lowest BCUT2D eigenvalue weighted by atomic mass is 10.0. The van der Waals surface area contributed by atoms with Gasteiger partial charge in [0.1, 0.15) is 0 Å². The van der Waals surface area contributed by atoms with Gasteiger partial charge in [-0.15, -0.1) is 0 Å². The van der Waals surface area contributed by atoms with Crippen LogP contribution in [0.25, 0.3) is 0 Å². The maximum Gasteiger partial charge on any atom is 0.248 e. The molecular formula is C15H25N3O. The molecular weight excluding hydrogens is 238 g/mol. The minimum absolute atomic E-state index is 0.371. The fourth-order valence-corrected chi connectivity index (χ4v) is 2.05. The molecule has 3 N–H and O–H groups in total. The molecule has 1 aromatic rings. The molecule has 0 atom stereocenters. The minimum Gasteiger partial charge on any atom is -0.366 e. The van der Waals surface area contributed by atoms with Gasteiger partial charge in [-0.2, -0.15) is 0 Å². The molecule has 0 aliphatic rings. The molecule has 0 bridgehead atoms. The molecule has 4 heteroatoms. The van der Waals surface area contributed by atoms with E-state index in [4.69, 9.17) is 5.73 Å². The predicted molar refractivity (Wildman–Crippen MR) is 79.2 cm³/mol. The van der Waals surface area contributed by atoms with Crippen LogP contribution in [0, 0.1) is 6.92 Å². The molecule has 1 rings (SSSR count). The van der Waals surface area contributed by atoms with E-state index in [1.54, 1.807) is 6.07 Å². The normalized spacial score (nSPS) is 10.9. The molecule has 0 aliphatic carbocycles. The Morgan fingerprint density at radius 3 is 2.53 bits per heavy atom. The summed E-state index contributed by atoms with van der Waals surface area (Å²) in [5, 5.41) is 3.43. The van der Waals surface area contributed by atoms with Gasteiger partial charge in [-0.25, -0.2) is 0 Å².